The molecule has 0 rings (SSSR count). The van der Waals surface area contributed by atoms with Crippen LogP contribution < -0.4 is 5.26 Å². The summed E-state index contributed by atoms with van der Waals surface area (Å²) in [6.45, 7) is -0.181. The molecule has 56 valence electrons. The van der Waals surface area contributed by atoms with Gasteiger partial charge in [0.15, 0.2) is 0 Å². The fourth-order valence-electron chi connectivity index (χ4n) is 0. The summed E-state index contributed by atoms with van der Waals surface area (Å²) in [4.78, 5) is 27.5. The van der Waals surface area contributed by atoms with E-state index in [1.54, 1.807) is 0 Å². The van der Waals surface area contributed by atoms with Crippen LogP contribution in [0.1, 0.15) is 7.43 Å². The van der Waals surface area contributed by atoms with Crippen LogP contribution in [-0.4, -0.2) is 18.1 Å². The lowest BCUT2D eigenvalue weighted by molar-refractivity contribution is -0.652. The van der Waals surface area contributed by atoms with Crippen LogP contribution in [0.4, 0.5) is 0 Å². The van der Waals surface area contributed by atoms with Crippen LogP contribution in [0, 0.1) is 0 Å². The molecule has 0 fully saturated rings. The van der Waals surface area contributed by atoms with Crippen molar-refractivity contribution in [3.8, 4) is 0 Å². The highest BCUT2D eigenvalue weighted by atomic mass is 17.1. The largest absolute Gasteiger partial charge is 0.662 e. The number of carbonyl (C=O) groups is 1. The third kappa shape index (κ3) is 2910. The lowest BCUT2D eigenvalue weighted by atomic mass is 11.7. The van der Waals surface area contributed by atoms with E-state index in [0.29, 0.717) is 0 Å². The van der Waals surface area contributed by atoms with Crippen LogP contribution in [0.25, 0.3) is 0 Å². The summed E-state index contributed by atoms with van der Waals surface area (Å²) in [5.41, 5.74) is 0. The second kappa shape index (κ2) is 71.9. The Labute approximate surface area is 51.3 Å². The number of hydrogen-bond donors (Lipinski definition) is 0. The summed E-state index contributed by atoms with van der Waals surface area (Å²) in [7, 11) is 0. The predicted molar refractivity (Wildman–Crippen MR) is 22.5 cm³/mol. The van der Waals surface area contributed by atoms with Gasteiger partial charge in [0.2, 0.25) is 0 Å². The molecular formula is C3H7O6-. The Kier molecular flexibility index (Phi) is 200. The molecule has 9 heavy (non-hydrogen) atoms. The summed E-state index contributed by atoms with van der Waals surface area (Å²) >= 11 is 0. The number of carbonyl (C=O) groups excluding carboxylic acids is 3. The van der Waals surface area contributed by atoms with Crippen molar-refractivity contribution in [2.24, 2.45) is 0 Å². The minimum atomic E-state index is -0.181. The molecule has 6 heteroatoms. The van der Waals surface area contributed by atoms with Crippen molar-refractivity contribution < 1.29 is 30.0 Å². The van der Waals surface area contributed by atoms with Gasteiger partial charge in [0.05, 0.1) is 0 Å². The molecule has 0 spiro atoms. The molecule has 0 amide bonds. The van der Waals surface area contributed by atoms with Gasteiger partial charge >= 0.3 is 6.15 Å². The smallest absolute Gasteiger partial charge is 0.373 e. The van der Waals surface area contributed by atoms with E-state index in [2.05, 4.69) is 4.89 Å². The first-order chi connectivity index (χ1) is 3.33. The second-order valence-corrected chi connectivity index (χ2v) is 0.276. The third-order valence-corrected chi connectivity index (χ3v) is 0.0393. The first-order valence-electron chi connectivity index (χ1n) is 1.05. The van der Waals surface area contributed by atoms with Gasteiger partial charge in [-0.1, -0.05) is 7.43 Å². The van der Waals surface area contributed by atoms with Crippen molar-refractivity contribution in [1.82, 2.24) is 0 Å². The lowest BCUT2D eigenvalue weighted by Gasteiger charge is -1.88. The summed E-state index contributed by atoms with van der Waals surface area (Å²) in [6.07, 6.45) is 0.250. The molecule has 0 radical (unpaired) electrons. The van der Waals surface area contributed by atoms with E-state index in [1.165, 1.54) is 0 Å². The molecule has 0 atom stereocenters. The quantitative estimate of drug-likeness (QED) is 0.229. The Bertz CT molecular complexity index is 62.7. The Hall–Kier alpha value is -1.23. The summed E-state index contributed by atoms with van der Waals surface area (Å²) < 4.78 is 0. The maximum Gasteiger partial charge on any atom is 0.373 e. The first-order valence-corrected chi connectivity index (χ1v) is 1.05. The van der Waals surface area contributed by atoms with Crippen LogP contribution >= 0.6 is 0 Å². The minimum absolute atomic E-state index is 0. The molecule has 0 aromatic heterocycles. The van der Waals surface area contributed by atoms with E-state index in [-0.39, 0.29) is 25.5 Å². The van der Waals surface area contributed by atoms with Gasteiger partial charge in [-0.2, -0.15) is 9.59 Å². The SMILES string of the molecule is C.O.O=C=O.O=CO[O-]. The van der Waals surface area contributed by atoms with Gasteiger partial charge in [-0.15, -0.1) is 0 Å². The van der Waals surface area contributed by atoms with Gasteiger partial charge in [-0.3, -0.25) is 4.79 Å². The molecular weight excluding hydrogens is 132 g/mol. The van der Waals surface area contributed by atoms with Crippen LogP contribution in [-0.2, 0) is 19.3 Å². The molecule has 0 aliphatic rings. The number of hydrogen-bond acceptors (Lipinski definition) is 5. The maximum atomic E-state index is 8.64. The van der Waals surface area contributed by atoms with E-state index < -0.39 is 0 Å². The van der Waals surface area contributed by atoms with Gasteiger partial charge < -0.3 is 15.6 Å². The van der Waals surface area contributed by atoms with E-state index in [0.717, 1.165) is 0 Å². The fourth-order valence-corrected chi connectivity index (χ4v) is 0. The van der Waals surface area contributed by atoms with E-state index in [1.807, 2.05) is 0 Å². The van der Waals surface area contributed by atoms with Gasteiger partial charge in [0.1, 0.15) is 0 Å². The predicted octanol–water partition coefficient (Wildman–Crippen LogP) is -2.34. The highest BCUT2D eigenvalue weighted by Crippen LogP contribution is 1.22. The van der Waals surface area contributed by atoms with Gasteiger partial charge in [0, 0.05) is 0 Å². The van der Waals surface area contributed by atoms with Crippen LogP contribution in [0.5, 0.6) is 0 Å². The molecule has 0 saturated carbocycles. The maximum absolute atomic E-state index is 8.64. The molecule has 6 nitrogen and oxygen atoms in total. The van der Waals surface area contributed by atoms with Crippen LogP contribution in [0.3, 0.4) is 0 Å². The van der Waals surface area contributed by atoms with E-state index in [4.69, 9.17) is 19.6 Å². The number of rotatable bonds is 1. The average Bonchev–Trinajstić information content (AvgIpc) is 1.69. The van der Waals surface area contributed by atoms with Gasteiger partial charge in [0.25, 0.3) is 6.47 Å². The lowest BCUT2D eigenvalue weighted by Crippen LogP contribution is -2.00. The fraction of sp³-hybridized carbons (Fsp3) is 0.333. The van der Waals surface area contributed by atoms with Crippen molar-refractivity contribution in [2.75, 3.05) is 0 Å². The van der Waals surface area contributed by atoms with Crippen molar-refractivity contribution in [1.29, 1.82) is 0 Å². The first kappa shape index (κ1) is 25.1. The van der Waals surface area contributed by atoms with Crippen molar-refractivity contribution in [3.63, 3.8) is 0 Å². The van der Waals surface area contributed by atoms with E-state index >= 15 is 0 Å². The Morgan fingerprint density at radius 1 is 1.44 bits per heavy atom. The molecule has 0 heterocycles. The highest BCUT2D eigenvalue weighted by molar-refractivity contribution is 5.35. The molecule has 0 saturated heterocycles. The Morgan fingerprint density at radius 3 is 1.56 bits per heavy atom. The monoisotopic (exact) mass is 139 g/mol. The minimum Gasteiger partial charge on any atom is -0.662 e. The van der Waals surface area contributed by atoms with E-state index in [9.17, 15) is 0 Å². The van der Waals surface area contributed by atoms with Crippen LogP contribution in [0.2, 0.25) is 0 Å². The Morgan fingerprint density at radius 2 is 1.56 bits per heavy atom. The normalized spacial score (nSPS) is 3.22. The molecule has 0 aromatic carbocycles. The molecule has 2 N–H and O–H groups in total. The average molecular weight is 139 g/mol. The molecule has 0 aromatic rings. The second-order valence-electron chi connectivity index (χ2n) is 0.276. The van der Waals surface area contributed by atoms with Crippen molar-refractivity contribution in [3.05, 3.63) is 0 Å². The third-order valence-electron chi connectivity index (χ3n) is 0.0393. The van der Waals surface area contributed by atoms with Crippen molar-refractivity contribution in [2.45, 2.75) is 7.43 Å². The highest BCUT2D eigenvalue weighted by Gasteiger charge is 1.34. The molecule has 0 aliphatic heterocycles. The molecule has 0 bridgehead atoms. The Balaban J connectivity index is -0.0000000233. The molecule has 0 aliphatic carbocycles. The standard InChI is InChI=1S/CH2O3.CO2.CH4.H2O/c2-1-4-3;2-1-3;;/h1,3H;;1H4;1H2/p-1. The summed E-state index contributed by atoms with van der Waals surface area (Å²) in [6, 6.07) is 0. The zero-order chi connectivity index (χ0) is 6.12. The van der Waals surface area contributed by atoms with Crippen molar-refractivity contribution >= 4 is 12.6 Å². The van der Waals surface area contributed by atoms with Gasteiger partial charge in [-0.25, -0.2) is 0 Å². The summed E-state index contributed by atoms with van der Waals surface area (Å²) in [5, 5.41) is 8.43. The topological polar surface area (TPSA) is 115 Å². The van der Waals surface area contributed by atoms with Gasteiger partial charge in [-0.05, 0) is 0 Å². The summed E-state index contributed by atoms with van der Waals surface area (Å²) in [5.74, 6) is 0. The zero-order valence-electron chi connectivity index (χ0n) is 3.62. The zero-order valence-corrected chi connectivity index (χ0v) is 3.62. The molecule has 0 unspecified atom stereocenters. The van der Waals surface area contributed by atoms with Crippen LogP contribution in [0.15, 0.2) is 0 Å².